The molecule has 1 N–H and O–H groups in total. The Morgan fingerprint density at radius 1 is 0.926 bits per heavy atom. The largest absolute Gasteiger partial charge is 0.325 e. The zero-order chi connectivity index (χ0) is 19.8. The second-order valence-electron chi connectivity index (χ2n) is 8.74. The quantitative estimate of drug-likeness (QED) is 0.813. The Hall–Kier alpha value is -2.62. The van der Waals surface area contributed by atoms with Crippen molar-refractivity contribution < 1.29 is 9.59 Å². The van der Waals surface area contributed by atoms with Gasteiger partial charge in [0.25, 0.3) is 0 Å². The number of fused-ring (bicyclic) bond motifs is 1. The number of hydrogen-bond donors (Lipinski definition) is 1. The van der Waals surface area contributed by atoms with Gasteiger partial charge in [-0.25, -0.2) is 0 Å². The lowest BCUT2D eigenvalue weighted by Gasteiger charge is -2.28. The molecule has 1 aliphatic rings. The Morgan fingerprint density at radius 2 is 1.56 bits per heavy atom. The fourth-order valence-corrected chi connectivity index (χ4v) is 3.32. The highest BCUT2D eigenvalue weighted by molar-refractivity contribution is 6.15. The van der Waals surface area contributed by atoms with Gasteiger partial charge in [-0.15, -0.1) is 0 Å². The average molecular weight is 364 g/mol. The number of rotatable bonds is 3. The van der Waals surface area contributed by atoms with Gasteiger partial charge in [-0.1, -0.05) is 51.1 Å². The third-order valence-electron chi connectivity index (χ3n) is 5.24. The second-order valence-corrected chi connectivity index (χ2v) is 8.74. The maximum Gasteiger partial charge on any atom is 0.242 e. The van der Waals surface area contributed by atoms with Gasteiger partial charge in [-0.05, 0) is 55.0 Å². The van der Waals surface area contributed by atoms with Gasteiger partial charge in [0.1, 0.15) is 5.41 Å². The maximum atomic E-state index is 13.1. The Balaban J connectivity index is 1.75. The number of benzene rings is 2. The van der Waals surface area contributed by atoms with Crippen LogP contribution in [0.2, 0.25) is 0 Å². The molecule has 4 nitrogen and oxygen atoms in total. The zero-order valence-corrected chi connectivity index (χ0v) is 16.8. The SMILES string of the molecule is CC(C)(C(=O)Nc1ccc(C(C)(C)C)cc1)C(=O)N1CCc2ccccc21. The molecule has 1 heterocycles. The summed E-state index contributed by atoms with van der Waals surface area (Å²) >= 11 is 0. The first-order valence-corrected chi connectivity index (χ1v) is 9.42. The molecule has 27 heavy (non-hydrogen) atoms. The third-order valence-corrected chi connectivity index (χ3v) is 5.24. The summed E-state index contributed by atoms with van der Waals surface area (Å²) in [6.07, 6.45) is 0.827. The molecule has 1 aliphatic heterocycles. The van der Waals surface area contributed by atoms with Crippen molar-refractivity contribution in [2.45, 2.75) is 46.5 Å². The van der Waals surface area contributed by atoms with Crippen LogP contribution in [0, 0.1) is 5.41 Å². The first kappa shape index (κ1) is 19.2. The molecule has 4 heteroatoms. The van der Waals surface area contributed by atoms with E-state index >= 15 is 0 Å². The smallest absolute Gasteiger partial charge is 0.242 e. The predicted molar refractivity (Wildman–Crippen MR) is 110 cm³/mol. The van der Waals surface area contributed by atoms with Crippen molar-refractivity contribution in [2.75, 3.05) is 16.8 Å². The van der Waals surface area contributed by atoms with E-state index in [0.717, 1.165) is 17.7 Å². The van der Waals surface area contributed by atoms with Crippen LogP contribution in [0.15, 0.2) is 48.5 Å². The van der Waals surface area contributed by atoms with Crippen molar-refractivity contribution in [2.24, 2.45) is 5.41 Å². The summed E-state index contributed by atoms with van der Waals surface area (Å²) in [5.41, 5.74) is 2.87. The number of nitrogens with zero attached hydrogens (tertiary/aromatic N) is 1. The molecule has 0 saturated carbocycles. The second kappa shape index (κ2) is 6.84. The van der Waals surface area contributed by atoms with E-state index in [1.165, 1.54) is 5.56 Å². The monoisotopic (exact) mass is 364 g/mol. The van der Waals surface area contributed by atoms with Crippen LogP contribution in [0.25, 0.3) is 0 Å². The highest BCUT2D eigenvalue weighted by Gasteiger charge is 2.41. The fourth-order valence-electron chi connectivity index (χ4n) is 3.32. The molecule has 142 valence electrons. The summed E-state index contributed by atoms with van der Waals surface area (Å²) in [5, 5.41) is 2.90. The summed E-state index contributed by atoms with van der Waals surface area (Å²) in [7, 11) is 0. The Labute approximate surface area is 161 Å². The minimum absolute atomic E-state index is 0.0565. The van der Waals surface area contributed by atoms with Gasteiger partial charge < -0.3 is 10.2 Å². The summed E-state index contributed by atoms with van der Waals surface area (Å²) in [6.45, 7) is 10.4. The molecule has 0 radical (unpaired) electrons. The van der Waals surface area contributed by atoms with Crippen molar-refractivity contribution in [3.63, 3.8) is 0 Å². The van der Waals surface area contributed by atoms with Gasteiger partial charge in [-0.3, -0.25) is 9.59 Å². The summed E-state index contributed by atoms with van der Waals surface area (Å²) in [4.78, 5) is 27.7. The van der Waals surface area contributed by atoms with Gasteiger partial charge in [0.2, 0.25) is 11.8 Å². The van der Waals surface area contributed by atoms with Gasteiger partial charge in [0.15, 0.2) is 0 Å². The number of hydrogen-bond acceptors (Lipinski definition) is 2. The average Bonchev–Trinajstić information content (AvgIpc) is 3.04. The highest BCUT2D eigenvalue weighted by atomic mass is 16.2. The van der Waals surface area contributed by atoms with Crippen LogP contribution in [0.1, 0.15) is 45.7 Å². The first-order chi connectivity index (χ1) is 12.6. The summed E-state index contributed by atoms with van der Waals surface area (Å²) < 4.78 is 0. The lowest BCUT2D eigenvalue weighted by molar-refractivity contribution is -0.136. The van der Waals surface area contributed by atoms with E-state index in [1.54, 1.807) is 18.7 Å². The number of anilines is 2. The molecule has 0 aliphatic carbocycles. The lowest BCUT2D eigenvalue weighted by Crippen LogP contribution is -2.47. The fraction of sp³-hybridized carbons (Fsp3) is 0.391. The van der Waals surface area contributed by atoms with E-state index in [-0.39, 0.29) is 17.2 Å². The Morgan fingerprint density at radius 3 is 2.19 bits per heavy atom. The molecule has 2 aromatic rings. The van der Waals surface area contributed by atoms with Crippen molar-refractivity contribution in [3.05, 3.63) is 59.7 Å². The molecule has 0 fully saturated rings. The minimum Gasteiger partial charge on any atom is -0.325 e. The van der Waals surface area contributed by atoms with E-state index in [1.807, 2.05) is 48.5 Å². The molecule has 0 saturated heterocycles. The number of carbonyl (C=O) groups excluding carboxylic acids is 2. The number of amides is 2. The topological polar surface area (TPSA) is 49.4 Å². The molecular formula is C23H28N2O2. The normalized spacial score (nSPS) is 14.0. The van der Waals surface area contributed by atoms with Crippen molar-refractivity contribution >= 4 is 23.2 Å². The van der Waals surface area contributed by atoms with E-state index in [4.69, 9.17) is 0 Å². The Kier molecular flexibility index (Phi) is 4.85. The number of para-hydroxylation sites is 1. The van der Waals surface area contributed by atoms with Crippen LogP contribution < -0.4 is 10.2 Å². The molecule has 0 unspecified atom stereocenters. The van der Waals surface area contributed by atoms with Crippen LogP contribution >= 0.6 is 0 Å². The molecule has 3 rings (SSSR count). The number of nitrogens with one attached hydrogen (secondary N) is 1. The van der Waals surface area contributed by atoms with Gasteiger partial charge >= 0.3 is 0 Å². The number of carbonyl (C=O) groups is 2. The third kappa shape index (κ3) is 3.75. The summed E-state index contributed by atoms with van der Waals surface area (Å²) in [6, 6.07) is 15.7. The molecule has 0 aromatic heterocycles. The van der Waals surface area contributed by atoms with E-state index in [2.05, 4.69) is 26.1 Å². The van der Waals surface area contributed by atoms with Crippen LogP contribution in [0.5, 0.6) is 0 Å². The standard InChI is InChI=1S/C23H28N2O2/c1-22(2,3)17-10-12-18(13-11-17)24-20(26)23(4,5)21(27)25-15-14-16-8-6-7-9-19(16)25/h6-13H,14-15H2,1-5H3,(H,24,26). The van der Waals surface area contributed by atoms with Gasteiger partial charge in [0, 0.05) is 17.9 Å². The molecule has 0 bridgehead atoms. The van der Waals surface area contributed by atoms with Crippen molar-refractivity contribution in [1.82, 2.24) is 0 Å². The first-order valence-electron chi connectivity index (χ1n) is 9.42. The van der Waals surface area contributed by atoms with Crippen LogP contribution in [0.4, 0.5) is 11.4 Å². The minimum atomic E-state index is -1.15. The maximum absolute atomic E-state index is 13.1. The molecule has 2 amide bonds. The summed E-state index contributed by atoms with van der Waals surface area (Å²) in [5.74, 6) is -0.461. The van der Waals surface area contributed by atoms with E-state index in [9.17, 15) is 9.59 Å². The lowest BCUT2D eigenvalue weighted by atomic mass is 9.87. The van der Waals surface area contributed by atoms with Crippen molar-refractivity contribution in [3.8, 4) is 0 Å². The van der Waals surface area contributed by atoms with Crippen LogP contribution in [-0.4, -0.2) is 18.4 Å². The van der Waals surface area contributed by atoms with Crippen molar-refractivity contribution in [1.29, 1.82) is 0 Å². The molecule has 0 atom stereocenters. The molecular weight excluding hydrogens is 336 g/mol. The van der Waals surface area contributed by atoms with Crippen LogP contribution in [0.3, 0.4) is 0 Å². The van der Waals surface area contributed by atoms with Gasteiger partial charge in [0.05, 0.1) is 0 Å². The van der Waals surface area contributed by atoms with E-state index in [0.29, 0.717) is 12.2 Å². The Bertz CT molecular complexity index is 861. The van der Waals surface area contributed by atoms with E-state index < -0.39 is 5.41 Å². The predicted octanol–water partition coefficient (Wildman–Crippen LogP) is 4.54. The molecule has 0 spiro atoms. The zero-order valence-electron chi connectivity index (χ0n) is 16.8. The highest BCUT2D eigenvalue weighted by Crippen LogP contribution is 2.32. The van der Waals surface area contributed by atoms with Crippen LogP contribution in [-0.2, 0) is 21.4 Å². The molecule has 2 aromatic carbocycles. The van der Waals surface area contributed by atoms with Gasteiger partial charge in [-0.2, -0.15) is 0 Å².